The summed E-state index contributed by atoms with van der Waals surface area (Å²) in [5.41, 5.74) is 2.71. The standard InChI is InChI=1S/C22H26ClNO4S/c1-15-11-20(12-16(2)21(15)23)28-17(3)22(25)24(13-18-7-5-4-6-8-18)19-9-10-29(26,27)14-19/h4-8,11-12,17,19H,9-10,13-14H2,1-3H3/t17-,19-/m1/s1. The summed E-state index contributed by atoms with van der Waals surface area (Å²) in [6.45, 7) is 5.83. The van der Waals surface area contributed by atoms with Crippen LogP contribution in [0.2, 0.25) is 5.02 Å². The van der Waals surface area contributed by atoms with Gasteiger partial charge in [0.2, 0.25) is 0 Å². The van der Waals surface area contributed by atoms with Gasteiger partial charge in [-0.2, -0.15) is 0 Å². The Morgan fingerprint density at radius 2 is 1.83 bits per heavy atom. The van der Waals surface area contributed by atoms with Crippen LogP contribution in [0.15, 0.2) is 42.5 Å². The van der Waals surface area contributed by atoms with E-state index in [1.54, 1.807) is 24.0 Å². The fraction of sp³-hybridized carbons (Fsp3) is 0.409. The molecule has 1 aliphatic rings. The number of amides is 1. The highest BCUT2D eigenvalue weighted by Crippen LogP contribution is 2.27. The topological polar surface area (TPSA) is 63.7 Å². The number of carbonyl (C=O) groups is 1. The molecule has 29 heavy (non-hydrogen) atoms. The maximum Gasteiger partial charge on any atom is 0.263 e. The fourth-order valence-corrected chi connectivity index (χ4v) is 5.49. The molecule has 0 saturated carbocycles. The molecule has 156 valence electrons. The quantitative estimate of drug-likeness (QED) is 0.689. The number of aryl methyl sites for hydroxylation is 2. The van der Waals surface area contributed by atoms with Crippen LogP contribution in [0.25, 0.3) is 0 Å². The van der Waals surface area contributed by atoms with E-state index in [2.05, 4.69) is 0 Å². The lowest BCUT2D eigenvalue weighted by Gasteiger charge is -2.31. The van der Waals surface area contributed by atoms with E-state index < -0.39 is 15.9 Å². The van der Waals surface area contributed by atoms with Crippen LogP contribution in [0.5, 0.6) is 5.75 Å². The highest BCUT2D eigenvalue weighted by atomic mass is 35.5. The Morgan fingerprint density at radius 3 is 2.38 bits per heavy atom. The van der Waals surface area contributed by atoms with Crippen molar-refractivity contribution < 1.29 is 17.9 Å². The van der Waals surface area contributed by atoms with E-state index in [0.717, 1.165) is 16.7 Å². The minimum atomic E-state index is -3.12. The highest BCUT2D eigenvalue weighted by molar-refractivity contribution is 7.91. The van der Waals surface area contributed by atoms with Crippen molar-refractivity contribution in [3.8, 4) is 5.75 Å². The first-order chi connectivity index (χ1) is 13.7. The SMILES string of the molecule is Cc1cc(O[C@H](C)C(=O)N(Cc2ccccc2)[C@@H]2CCS(=O)(=O)C2)cc(C)c1Cl. The van der Waals surface area contributed by atoms with E-state index in [4.69, 9.17) is 16.3 Å². The van der Waals surface area contributed by atoms with Crippen LogP contribution in [0.4, 0.5) is 0 Å². The van der Waals surface area contributed by atoms with Crippen molar-refractivity contribution in [2.45, 2.75) is 45.9 Å². The van der Waals surface area contributed by atoms with Gasteiger partial charge in [0.1, 0.15) is 5.75 Å². The summed E-state index contributed by atoms with van der Waals surface area (Å²) in [6, 6.07) is 12.9. The zero-order chi connectivity index (χ0) is 21.2. The lowest BCUT2D eigenvalue weighted by atomic mass is 10.1. The van der Waals surface area contributed by atoms with Crippen LogP contribution in [0, 0.1) is 13.8 Å². The molecule has 0 aromatic heterocycles. The number of hydrogen-bond acceptors (Lipinski definition) is 4. The van der Waals surface area contributed by atoms with Gasteiger partial charge in [0, 0.05) is 17.6 Å². The summed E-state index contributed by atoms with van der Waals surface area (Å²) in [7, 11) is -3.12. The summed E-state index contributed by atoms with van der Waals surface area (Å²) in [4.78, 5) is 14.9. The zero-order valence-electron chi connectivity index (χ0n) is 16.9. The molecule has 2 atom stereocenters. The average molecular weight is 436 g/mol. The van der Waals surface area contributed by atoms with Crippen molar-refractivity contribution in [3.63, 3.8) is 0 Å². The van der Waals surface area contributed by atoms with Crippen molar-refractivity contribution >= 4 is 27.3 Å². The van der Waals surface area contributed by atoms with Crippen molar-refractivity contribution in [3.05, 3.63) is 64.2 Å². The minimum Gasteiger partial charge on any atom is -0.481 e. The molecule has 3 rings (SSSR count). The highest BCUT2D eigenvalue weighted by Gasteiger charge is 2.36. The maximum absolute atomic E-state index is 13.3. The predicted octanol–water partition coefficient (Wildman–Crippen LogP) is 3.94. The molecule has 2 aromatic carbocycles. The third-order valence-corrected chi connectivity index (χ3v) is 7.55. The number of nitrogens with zero attached hydrogens (tertiary/aromatic N) is 1. The molecule has 2 aromatic rings. The van der Waals surface area contributed by atoms with Crippen LogP contribution < -0.4 is 4.74 Å². The first-order valence-corrected chi connectivity index (χ1v) is 11.8. The van der Waals surface area contributed by atoms with Crippen LogP contribution in [-0.4, -0.2) is 42.9 Å². The van der Waals surface area contributed by atoms with Gasteiger partial charge in [-0.25, -0.2) is 8.42 Å². The van der Waals surface area contributed by atoms with Gasteiger partial charge in [0.05, 0.1) is 11.5 Å². The molecular weight excluding hydrogens is 410 g/mol. The van der Waals surface area contributed by atoms with Gasteiger partial charge < -0.3 is 9.64 Å². The lowest BCUT2D eigenvalue weighted by Crippen LogP contribution is -2.46. The zero-order valence-corrected chi connectivity index (χ0v) is 18.5. The van der Waals surface area contributed by atoms with Crippen LogP contribution >= 0.6 is 11.6 Å². The summed E-state index contributed by atoms with van der Waals surface area (Å²) >= 11 is 6.21. The summed E-state index contributed by atoms with van der Waals surface area (Å²) < 4.78 is 29.9. The number of hydrogen-bond donors (Lipinski definition) is 0. The minimum absolute atomic E-state index is 0.00253. The Morgan fingerprint density at radius 1 is 1.21 bits per heavy atom. The van der Waals surface area contributed by atoms with E-state index >= 15 is 0 Å². The van der Waals surface area contributed by atoms with Gasteiger partial charge in [-0.15, -0.1) is 0 Å². The van der Waals surface area contributed by atoms with Gasteiger partial charge >= 0.3 is 0 Å². The van der Waals surface area contributed by atoms with Crippen LogP contribution in [0.1, 0.15) is 30.0 Å². The molecule has 1 saturated heterocycles. The molecule has 0 aliphatic carbocycles. The molecule has 5 nitrogen and oxygen atoms in total. The Hall–Kier alpha value is -2.05. The summed E-state index contributed by atoms with van der Waals surface area (Å²) in [5.74, 6) is 0.462. The van der Waals surface area contributed by atoms with Crippen LogP contribution in [-0.2, 0) is 21.2 Å². The molecule has 7 heteroatoms. The molecular formula is C22H26ClNO4S. The first kappa shape index (κ1) is 21.7. The largest absolute Gasteiger partial charge is 0.481 e. The van der Waals surface area contributed by atoms with E-state index in [1.165, 1.54) is 0 Å². The number of carbonyl (C=O) groups excluding carboxylic acids is 1. The molecule has 0 unspecified atom stereocenters. The number of rotatable bonds is 6. The second-order valence-electron chi connectivity index (χ2n) is 7.64. The maximum atomic E-state index is 13.3. The smallest absolute Gasteiger partial charge is 0.263 e. The second kappa shape index (κ2) is 8.76. The molecule has 0 N–H and O–H groups in total. The normalized spacial score (nSPS) is 19.0. The molecule has 1 fully saturated rings. The van der Waals surface area contributed by atoms with Crippen LogP contribution in [0.3, 0.4) is 0 Å². The Kier molecular flexibility index (Phi) is 6.54. The molecule has 1 aliphatic heterocycles. The van der Waals surface area contributed by atoms with E-state index in [0.29, 0.717) is 23.7 Å². The first-order valence-electron chi connectivity index (χ1n) is 9.64. The van der Waals surface area contributed by atoms with Gasteiger partial charge in [0.25, 0.3) is 5.91 Å². The number of sulfone groups is 1. The average Bonchev–Trinajstić information content (AvgIpc) is 3.04. The number of benzene rings is 2. The monoisotopic (exact) mass is 435 g/mol. The van der Waals surface area contributed by atoms with E-state index in [-0.39, 0.29) is 23.5 Å². The van der Waals surface area contributed by atoms with Crippen molar-refractivity contribution in [1.82, 2.24) is 4.90 Å². The summed E-state index contributed by atoms with van der Waals surface area (Å²) in [6.07, 6.45) is -0.297. The number of halogens is 1. The Bertz CT molecular complexity index is 968. The molecule has 1 heterocycles. The molecule has 1 amide bonds. The second-order valence-corrected chi connectivity index (χ2v) is 10.2. The van der Waals surface area contributed by atoms with Gasteiger partial charge in [-0.1, -0.05) is 41.9 Å². The number of ether oxygens (including phenoxy) is 1. The van der Waals surface area contributed by atoms with Crippen molar-refractivity contribution in [2.75, 3.05) is 11.5 Å². The third-order valence-electron chi connectivity index (χ3n) is 5.20. The van der Waals surface area contributed by atoms with Gasteiger partial charge in [-0.05, 0) is 56.0 Å². The molecule has 0 bridgehead atoms. The third kappa shape index (κ3) is 5.31. The van der Waals surface area contributed by atoms with Gasteiger partial charge in [0.15, 0.2) is 15.9 Å². The van der Waals surface area contributed by atoms with Crippen molar-refractivity contribution in [1.29, 1.82) is 0 Å². The van der Waals surface area contributed by atoms with Crippen molar-refractivity contribution in [2.24, 2.45) is 0 Å². The Balaban J connectivity index is 1.81. The fourth-order valence-electron chi connectivity index (χ4n) is 3.65. The lowest BCUT2D eigenvalue weighted by molar-refractivity contribution is -0.140. The van der Waals surface area contributed by atoms with E-state index in [1.807, 2.05) is 44.2 Å². The Labute approximate surface area is 177 Å². The predicted molar refractivity (Wildman–Crippen MR) is 115 cm³/mol. The molecule has 0 radical (unpaired) electrons. The van der Waals surface area contributed by atoms with E-state index in [9.17, 15) is 13.2 Å². The van der Waals surface area contributed by atoms with Gasteiger partial charge in [-0.3, -0.25) is 4.79 Å². The molecule has 0 spiro atoms. The summed E-state index contributed by atoms with van der Waals surface area (Å²) in [5, 5.41) is 0.679.